The molecule has 6 heteroatoms. The highest BCUT2D eigenvalue weighted by Gasteiger charge is 2.29. The first kappa shape index (κ1) is 14.7. The molecule has 1 heterocycles. The van der Waals surface area contributed by atoms with Gasteiger partial charge in [-0.15, -0.1) is 11.8 Å². The standard InChI is InChI=1S/C13H22N2O3S/c16-7-6-15(11-4-2-1-3-5-11)12(17)8-14-10-19-9-13(14)18/h11,16H,1-10H2. The van der Waals surface area contributed by atoms with Crippen molar-refractivity contribution < 1.29 is 14.7 Å². The van der Waals surface area contributed by atoms with Crippen molar-refractivity contribution in [3.8, 4) is 0 Å². The summed E-state index contributed by atoms with van der Waals surface area (Å²) in [6.07, 6.45) is 5.58. The number of amides is 2. The molecule has 2 fully saturated rings. The normalized spacial score (nSPS) is 20.9. The van der Waals surface area contributed by atoms with Gasteiger partial charge in [0.25, 0.3) is 0 Å². The molecule has 1 saturated heterocycles. The second-order valence-electron chi connectivity index (χ2n) is 5.17. The van der Waals surface area contributed by atoms with E-state index in [9.17, 15) is 9.59 Å². The zero-order valence-corrected chi connectivity index (χ0v) is 12.0. The Hall–Kier alpha value is -0.750. The maximum atomic E-state index is 12.3. The van der Waals surface area contributed by atoms with Crippen molar-refractivity contribution in [2.24, 2.45) is 0 Å². The average Bonchev–Trinajstić information content (AvgIpc) is 2.82. The summed E-state index contributed by atoms with van der Waals surface area (Å²) in [7, 11) is 0. The van der Waals surface area contributed by atoms with Crippen LogP contribution < -0.4 is 0 Å². The van der Waals surface area contributed by atoms with Gasteiger partial charge in [-0.25, -0.2) is 0 Å². The summed E-state index contributed by atoms with van der Waals surface area (Å²) in [6.45, 7) is 0.548. The van der Waals surface area contributed by atoms with Crippen molar-refractivity contribution in [3.63, 3.8) is 0 Å². The van der Waals surface area contributed by atoms with Gasteiger partial charge in [-0.05, 0) is 12.8 Å². The van der Waals surface area contributed by atoms with E-state index in [1.807, 2.05) is 0 Å². The number of aliphatic hydroxyl groups is 1. The first-order chi connectivity index (χ1) is 9.22. The van der Waals surface area contributed by atoms with Crippen LogP contribution in [-0.4, -0.2) is 64.1 Å². The van der Waals surface area contributed by atoms with E-state index in [2.05, 4.69) is 0 Å². The monoisotopic (exact) mass is 286 g/mol. The van der Waals surface area contributed by atoms with E-state index in [0.717, 1.165) is 25.7 Å². The van der Waals surface area contributed by atoms with Gasteiger partial charge in [0.2, 0.25) is 11.8 Å². The van der Waals surface area contributed by atoms with E-state index in [-0.39, 0.29) is 31.0 Å². The van der Waals surface area contributed by atoms with Gasteiger partial charge >= 0.3 is 0 Å². The van der Waals surface area contributed by atoms with Crippen LogP contribution in [0.2, 0.25) is 0 Å². The summed E-state index contributed by atoms with van der Waals surface area (Å²) in [5.41, 5.74) is 0. The van der Waals surface area contributed by atoms with Crippen molar-refractivity contribution in [1.29, 1.82) is 0 Å². The molecule has 19 heavy (non-hydrogen) atoms. The summed E-state index contributed by atoms with van der Waals surface area (Å²) in [6, 6.07) is 0.249. The Bertz CT molecular complexity index is 332. The van der Waals surface area contributed by atoms with E-state index < -0.39 is 0 Å². The fourth-order valence-corrected chi connectivity index (χ4v) is 3.71. The van der Waals surface area contributed by atoms with Gasteiger partial charge < -0.3 is 14.9 Å². The van der Waals surface area contributed by atoms with E-state index in [4.69, 9.17) is 5.11 Å². The van der Waals surface area contributed by atoms with Crippen LogP contribution in [0.15, 0.2) is 0 Å². The molecule has 1 N–H and O–H groups in total. The molecule has 1 aliphatic carbocycles. The minimum atomic E-state index is -0.0169. The Morgan fingerprint density at radius 3 is 2.68 bits per heavy atom. The highest BCUT2D eigenvalue weighted by atomic mass is 32.2. The predicted octanol–water partition coefficient (Wildman–Crippen LogP) is 0.673. The molecule has 0 atom stereocenters. The Balaban J connectivity index is 1.93. The molecule has 0 unspecified atom stereocenters. The molecular weight excluding hydrogens is 264 g/mol. The van der Waals surface area contributed by atoms with Crippen LogP contribution in [0, 0.1) is 0 Å². The lowest BCUT2D eigenvalue weighted by Crippen LogP contribution is -2.47. The molecular formula is C13H22N2O3S. The molecule has 108 valence electrons. The molecule has 1 aliphatic heterocycles. The zero-order valence-electron chi connectivity index (χ0n) is 11.2. The number of aliphatic hydroxyl groups excluding tert-OH is 1. The molecule has 0 aromatic rings. The first-order valence-electron chi connectivity index (χ1n) is 6.98. The van der Waals surface area contributed by atoms with Crippen LogP contribution >= 0.6 is 11.8 Å². The van der Waals surface area contributed by atoms with E-state index in [0.29, 0.717) is 18.2 Å². The summed E-state index contributed by atoms with van der Waals surface area (Å²) < 4.78 is 0. The summed E-state index contributed by atoms with van der Waals surface area (Å²) in [5.74, 6) is 1.13. The van der Waals surface area contributed by atoms with Crippen LogP contribution in [-0.2, 0) is 9.59 Å². The van der Waals surface area contributed by atoms with Gasteiger partial charge in [-0.3, -0.25) is 9.59 Å². The SMILES string of the molecule is O=C1CSCN1CC(=O)N(CCO)C1CCCCC1. The van der Waals surface area contributed by atoms with Crippen LogP contribution in [0.1, 0.15) is 32.1 Å². The summed E-state index contributed by atoms with van der Waals surface area (Å²) in [5, 5.41) is 9.15. The van der Waals surface area contributed by atoms with Crippen molar-refractivity contribution in [3.05, 3.63) is 0 Å². The molecule has 0 aromatic carbocycles. The number of carbonyl (C=O) groups excluding carboxylic acids is 2. The average molecular weight is 286 g/mol. The zero-order chi connectivity index (χ0) is 13.7. The number of nitrogens with zero attached hydrogens (tertiary/aromatic N) is 2. The molecule has 2 amide bonds. The maximum absolute atomic E-state index is 12.3. The minimum Gasteiger partial charge on any atom is -0.395 e. The molecule has 2 rings (SSSR count). The van der Waals surface area contributed by atoms with E-state index in [1.54, 1.807) is 21.6 Å². The van der Waals surface area contributed by atoms with Crippen LogP contribution in [0.25, 0.3) is 0 Å². The number of rotatable bonds is 5. The quantitative estimate of drug-likeness (QED) is 0.807. The van der Waals surface area contributed by atoms with Crippen molar-refractivity contribution >= 4 is 23.6 Å². The second kappa shape index (κ2) is 7.14. The highest BCUT2D eigenvalue weighted by molar-refractivity contribution is 8.00. The van der Waals surface area contributed by atoms with Crippen LogP contribution in [0.4, 0.5) is 0 Å². The smallest absolute Gasteiger partial charge is 0.242 e. The van der Waals surface area contributed by atoms with Gasteiger partial charge in [0.1, 0.15) is 6.54 Å². The van der Waals surface area contributed by atoms with E-state index >= 15 is 0 Å². The first-order valence-corrected chi connectivity index (χ1v) is 8.13. The van der Waals surface area contributed by atoms with Gasteiger partial charge in [0.15, 0.2) is 0 Å². The third-order valence-electron chi connectivity index (χ3n) is 3.83. The Kier molecular flexibility index (Phi) is 5.51. The number of thioether (sulfide) groups is 1. The number of carbonyl (C=O) groups is 2. The van der Waals surface area contributed by atoms with Crippen LogP contribution in [0.3, 0.4) is 0 Å². The third kappa shape index (κ3) is 3.86. The molecule has 2 aliphatic rings. The number of hydrogen-bond donors (Lipinski definition) is 1. The van der Waals surface area contributed by atoms with E-state index in [1.165, 1.54) is 6.42 Å². The van der Waals surface area contributed by atoms with Gasteiger partial charge in [-0.1, -0.05) is 19.3 Å². The summed E-state index contributed by atoms with van der Waals surface area (Å²) in [4.78, 5) is 27.3. The Labute approximate surface area is 118 Å². The molecule has 5 nitrogen and oxygen atoms in total. The van der Waals surface area contributed by atoms with Crippen molar-refractivity contribution in [2.45, 2.75) is 38.1 Å². The van der Waals surface area contributed by atoms with Gasteiger partial charge in [0.05, 0.1) is 18.2 Å². The number of hydrogen-bond acceptors (Lipinski definition) is 4. The fourth-order valence-electron chi connectivity index (χ4n) is 2.81. The molecule has 0 aromatic heterocycles. The largest absolute Gasteiger partial charge is 0.395 e. The van der Waals surface area contributed by atoms with Crippen molar-refractivity contribution in [1.82, 2.24) is 9.80 Å². The maximum Gasteiger partial charge on any atom is 0.242 e. The lowest BCUT2D eigenvalue weighted by molar-refractivity contribution is -0.140. The molecule has 1 saturated carbocycles. The predicted molar refractivity (Wildman–Crippen MR) is 74.7 cm³/mol. The second-order valence-corrected chi connectivity index (χ2v) is 6.13. The van der Waals surface area contributed by atoms with Crippen molar-refractivity contribution in [2.75, 3.05) is 31.3 Å². The highest BCUT2D eigenvalue weighted by Crippen LogP contribution is 2.23. The molecule has 0 spiro atoms. The lowest BCUT2D eigenvalue weighted by Gasteiger charge is -2.35. The summed E-state index contributed by atoms with van der Waals surface area (Å²) >= 11 is 1.55. The van der Waals surface area contributed by atoms with Gasteiger partial charge in [0, 0.05) is 12.6 Å². The Morgan fingerprint density at radius 1 is 1.37 bits per heavy atom. The molecule has 0 radical (unpaired) electrons. The molecule has 0 bridgehead atoms. The topological polar surface area (TPSA) is 60.9 Å². The van der Waals surface area contributed by atoms with Crippen LogP contribution in [0.5, 0.6) is 0 Å². The minimum absolute atomic E-state index is 0.00899. The Morgan fingerprint density at radius 2 is 2.11 bits per heavy atom. The van der Waals surface area contributed by atoms with Gasteiger partial charge in [-0.2, -0.15) is 0 Å². The third-order valence-corrected chi connectivity index (χ3v) is 4.77. The fraction of sp³-hybridized carbons (Fsp3) is 0.846. The lowest BCUT2D eigenvalue weighted by atomic mass is 9.94.